The zero-order valence-electron chi connectivity index (χ0n) is 16.1. The Balaban J connectivity index is 1.79. The zero-order chi connectivity index (χ0) is 18.5. The molecule has 0 N–H and O–H groups in total. The number of rotatable bonds is 10. The lowest BCUT2D eigenvalue weighted by Gasteiger charge is -2.03. The molecule has 2 aromatic rings. The van der Waals surface area contributed by atoms with E-state index in [0.717, 1.165) is 36.5 Å². The molecule has 2 rings (SSSR count). The van der Waals surface area contributed by atoms with E-state index in [1.54, 1.807) is 0 Å². The molecule has 0 saturated carbocycles. The third kappa shape index (κ3) is 7.70. The van der Waals surface area contributed by atoms with Crippen molar-refractivity contribution >= 4 is 0 Å². The van der Waals surface area contributed by atoms with Gasteiger partial charge < -0.3 is 4.74 Å². The Bertz CT molecular complexity index is 681. The zero-order valence-corrected chi connectivity index (χ0v) is 16.1. The van der Waals surface area contributed by atoms with E-state index in [0.29, 0.717) is 5.69 Å². The van der Waals surface area contributed by atoms with Gasteiger partial charge in [-0.3, -0.25) is 0 Å². The van der Waals surface area contributed by atoms with E-state index in [-0.39, 0.29) is 0 Å². The van der Waals surface area contributed by atoms with Crippen molar-refractivity contribution in [2.75, 3.05) is 6.61 Å². The second kappa shape index (κ2) is 12.1. The van der Waals surface area contributed by atoms with Crippen molar-refractivity contribution in [2.45, 2.75) is 65.2 Å². The number of ether oxygens (including phenoxy) is 1. The van der Waals surface area contributed by atoms with Gasteiger partial charge in [0, 0.05) is 5.56 Å². The monoisotopic (exact) mass is 350 g/mol. The number of unbranched alkanes of at least 4 members (excludes halogenated alkanes) is 5. The molecule has 1 aromatic carbocycles. The number of nitrogens with zero attached hydrogens (tertiary/aromatic N) is 2. The summed E-state index contributed by atoms with van der Waals surface area (Å²) in [4.78, 5) is 0. The molecule has 3 heteroatoms. The SMILES string of the molecule is CCCCCCCCc1ccc(C#Cc2ccc(OCCC)cc2)nn1. The Morgan fingerprint density at radius 1 is 0.769 bits per heavy atom. The van der Waals surface area contributed by atoms with Crippen molar-refractivity contribution in [2.24, 2.45) is 0 Å². The molecule has 0 aliphatic carbocycles. The second-order valence-electron chi connectivity index (χ2n) is 6.55. The highest BCUT2D eigenvalue weighted by atomic mass is 16.5. The van der Waals surface area contributed by atoms with Crippen molar-refractivity contribution in [3.63, 3.8) is 0 Å². The molecule has 0 amide bonds. The van der Waals surface area contributed by atoms with Gasteiger partial charge >= 0.3 is 0 Å². The predicted molar refractivity (Wildman–Crippen MR) is 107 cm³/mol. The van der Waals surface area contributed by atoms with E-state index in [4.69, 9.17) is 4.74 Å². The topological polar surface area (TPSA) is 35.0 Å². The molecule has 3 nitrogen and oxygen atoms in total. The minimum atomic E-state index is 0.711. The smallest absolute Gasteiger partial charge is 0.136 e. The molecule has 0 spiro atoms. The minimum Gasteiger partial charge on any atom is -0.494 e. The Kier molecular flexibility index (Phi) is 9.29. The first kappa shape index (κ1) is 20.0. The van der Waals surface area contributed by atoms with Gasteiger partial charge in [0.1, 0.15) is 11.4 Å². The van der Waals surface area contributed by atoms with Crippen molar-refractivity contribution < 1.29 is 4.74 Å². The van der Waals surface area contributed by atoms with Crippen LogP contribution in [0.1, 0.15) is 75.7 Å². The molecule has 0 atom stereocenters. The van der Waals surface area contributed by atoms with E-state index in [9.17, 15) is 0 Å². The fraction of sp³-hybridized carbons (Fsp3) is 0.478. The van der Waals surface area contributed by atoms with Crippen LogP contribution >= 0.6 is 0 Å². The first-order valence-electron chi connectivity index (χ1n) is 9.89. The maximum Gasteiger partial charge on any atom is 0.136 e. The maximum atomic E-state index is 5.58. The van der Waals surface area contributed by atoms with Gasteiger partial charge in [0.2, 0.25) is 0 Å². The average molecular weight is 351 g/mol. The molecular formula is C23H30N2O. The van der Waals surface area contributed by atoms with Crippen molar-refractivity contribution in [1.29, 1.82) is 0 Å². The lowest BCUT2D eigenvalue weighted by atomic mass is 10.1. The Labute approximate surface area is 158 Å². The molecule has 1 aromatic heterocycles. The van der Waals surface area contributed by atoms with Crippen LogP contribution in [0, 0.1) is 11.8 Å². The molecule has 26 heavy (non-hydrogen) atoms. The second-order valence-corrected chi connectivity index (χ2v) is 6.55. The van der Waals surface area contributed by atoms with E-state index in [1.165, 1.54) is 38.5 Å². The fourth-order valence-electron chi connectivity index (χ4n) is 2.64. The Morgan fingerprint density at radius 2 is 1.54 bits per heavy atom. The molecule has 0 unspecified atom stereocenters. The summed E-state index contributed by atoms with van der Waals surface area (Å²) in [6.07, 6.45) is 9.81. The highest BCUT2D eigenvalue weighted by Crippen LogP contribution is 2.12. The van der Waals surface area contributed by atoms with Crippen molar-refractivity contribution in [3.8, 4) is 17.6 Å². The molecule has 0 radical (unpaired) electrons. The molecule has 0 aliphatic rings. The van der Waals surface area contributed by atoms with Crippen LogP contribution in [0.3, 0.4) is 0 Å². The third-order valence-corrected chi connectivity index (χ3v) is 4.17. The quantitative estimate of drug-likeness (QED) is 0.415. The van der Waals surface area contributed by atoms with Crippen molar-refractivity contribution in [1.82, 2.24) is 10.2 Å². The average Bonchev–Trinajstić information content (AvgIpc) is 2.69. The standard InChI is InChI=1S/C23H30N2O/c1-3-5-6-7-8-9-10-21-15-16-22(25-24-21)14-11-20-12-17-23(18-13-20)26-19-4-2/h12-13,15-18H,3-10,19H2,1-2H3. The summed E-state index contributed by atoms with van der Waals surface area (Å²) in [5.41, 5.74) is 2.72. The highest BCUT2D eigenvalue weighted by Gasteiger charge is 1.98. The first-order valence-corrected chi connectivity index (χ1v) is 9.89. The van der Waals surface area contributed by atoms with Crippen LogP contribution in [0.15, 0.2) is 36.4 Å². The molecule has 0 fully saturated rings. The Hall–Kier alpha value is -2.34. The lowest BCUT2D eigenvalue weighted by molar-refractivity contribution is 0.317. The van der Waals surface area contributed by atoms with Crippen LogP contribution in [-0.2, 0) is 6.42 Å². The van der Waals surface area contributed by atoms with Gasteiger partial charge in [0.25, 0.3) is 0 Å². The predicted octanol–water partition coefficient (Wildman–Crippen LogP) is 5.57. The lowest BCUT2D eigenvalue weighted by Crippen LogP contribution is -1.95. The summed E-state index contributed by atoms with van der Waals surface area (Å²) in [6, 6.07) is 11.9. The van der Waals surface area contributed by atoms with E-state index < -0.39 is 0 Å². The van der Waals surface area contributed by atoms with Crippen molar-refractivity contribution in [3.05, 3.63) is 53.3 Å². The van der Waals surface area contributed by atoms with Crippen LogP contribution in [0.4, 0.5) is 0 Å². The van der Waals surface area contributed by atoms with Crippen LogP contribution in [-0.4, -0.2) is 16.8 Å². The number of aromatic nitrogens is 2. The van der Waals surface area contributed by atoms with Gasteiger partial charge in [0.05, 0.1) is 12.3 Å². The maximum absolute atomic E-state index is 5.58. The van der Waals surface area contributed by atoms with Crippen LogP contribution in [0.2, 0.25) is 0 Å². The van der Waals surface area contributed by atoms with E-state index in [1.807, 2.05) is 36.4 Å². The summed E-state index contributed by atoms with van der Waals surface area (Å²) in [7, 11) is 0. The van der Waals surface area contributed by atoms with Gasteiger partial charge in [-0.05, 0) is 61.6 Å². The highest BCUT2D eigenvalue weighted by molar-refractivity contribution is 5.42. The van der Waals surface area contributed by atoms with Gasteiger partial charge in [-0.2, -0.15) is 5.10 Å². The van der Waals surface area contributed by atoms with Gasteiger partial charge in [0.15, 0.2) is 0 Å². The molecule has 138 valence electrons. The molecule has 1 heterocycles. The summed E-state index contributed by atoms with van der Waals surface area (Å²) in [5, 5.41) is 8.53. The molecule has 0 aliphatic heterocycles. The molecule has 0 bridgehead atoms. The molecular weight excluding hydrogens is 320 g/mol. The minimum absolute atomic E-state index is 0.711. The van der Waals surface area contributed by atoms with Gasteiger partial charge in [-0.15, -0.1) is 5.10 Å². The number of aryl methyl sites for hydroxylation is 1. The first-order chi connectivity index (χ1) is 12.8. The Morgan fingerprint density at radius 3 is 2.23 bits per heavy atom. The number of hydrogen-bond donors (Lipinski definition) is 0. The van der Waals surface area contributed by atoms with E-state index >= 15 is 0 Å². The summed E-state index contributed by atoms with van der Waals surface area (Å²) >= 11 is 0. The summed E-state index contributed by atoms with van der Waals surface area (Å²) in [6.45, 7) is 5.09. The van der Waals surface area contributed by atoms with Crippen LogP contribution < -0.4 is 4.74 Å². The fourth-order valence-corrected chi connectivity index (χ4v) is 2.64. The van der Waals surface area contributed by atoms with E-state index in [2.05, 4.69) is 35.9 Å². The van der Waals surface area contributed by atoms with Crippen LogP contribution in [0.5, 0.6) is 5.75 Å². The van der Waals surface area contributed by atoms with Crippen LogP contribution in [0.25, 0.3) is 0 Å². The van der Waals surface area contributed by atoms with Gasteiger partial charge in [-0.1, -0.05) is 51.9 Å². The molecule has 0 saturated heterocycles. The van der Waals surface area contributed by atoms with Gasteiger partial charge in [-0.25, -0.2) is 0 Å². The summed E-state index contributed by atoms with van der Waals surface area (Å²) in [5.74, 6) is 7.09. The third-order valence-electron chi connectivity index (χ3n) is 4.17. The number of hydrogen-bond acceptors (Lipinski definition) is 3. The largest absolute Gasteiger partial charge is 0.494 e. The number of benzene rings is 1. The normalized spacial score (nSPS) is 10.2. The summed E-state index contributed by atoms with van der Waals surface area (Å²) < 4.78 is 5.58.